The number of carbonyl (C=O) groups excluding carboxylic acids is 1. The predicted molar refractivity (Wildman–Crippen MR) is 92.5 cm³/mol. The van der Waals surface area contributed by atoms with E-state index in [4.69, 9.17) is 4.74 Å². The molecule has 25 heavy (non-hydrogen) atoms. The van der Waals surface area contributed by atoms with Crippen molar-refractivity contribution in [3.05, 3.63) is 35.6 Å². The molecule has 0 saturated carbocycles. The molecule has 0 unspecified atom stereocenters. The maximum atomic E-state index is 13.0. The maximum absolute atomic E-state index is 13.0. The Morgan fingerprint density at radius 2 is 1.92 bits per heavy atom. The molecule has 0 aliphatic carbocycles. The topological polar surface area (TPSA) is 53.0 Å². The number of rotatable bonds is 5. The van der Waals surface area contributed by atoms with Crippen LogP contribution in [0.1, 0.15) is 31.2 Å². The predicted octanol–water partition coefficient (Wildman–Crippen LogP) is 1.79. The summed E-state index contributed by atoms with van der Waals surface area (Å²) < 4.78 is 18.4. The van der Waals surface area contributed by atoms with Crippen molar-refractivity contribution in [3.63, 3.8) is 0 Å². The summed E-state index contributed by atoms with van der Waals surface area (Å²) in [6.45, 7) is 3.09. The molecule has 0 radical (unpaired) electrons. The van der Waals surface area contributed by atoms with Crippen molar-refractivity contribution >= 4 is 5.91 Å². The van der Waals surface area contributed by atoms with Gasteiger partial charge in [-0.05, 0) is 43.4 Å². The van der Waals surface area contributed by atoms with Crippen molar-refractivity contribution in [3.8, 4) is 0 Å². The molecule has 0 spiro atoms. The second kappa shape index (κ2) is 7.81. The molecule has 2 fully saturated rings. The summed E-state index contributed by atoms with van der Waals surface area (Å²) in [5.74, 6) is -0.498. The Morgan fingerprint density at radius 1 is 1.24 bits per heavy atom. The molecular weight excluding hydrogens is 323 g/mol. The zero-order chi connectivity index (χ0) is 17.9. The average Bonchev–Trinajstić information content (AvgIpc) is 2.62. The number of amides is 1. The van der Waals surface area contributed by atoms with Crippen LogP contribution in [-0.2, 0) is 16.1 Å². The van der Waals surface area contributed by atoms with Crippen LogP contribution >= 0.6 is 0 Å². The molecule has 3 rings (SSSR count). The van der Waals surface area contributed by atoms with Gasteiger partial charge in [-0.2, -0.15) is 0 Å². The first-order valence-electron chi connectivity index (χ1n) is 9.01. The van der Waals surface area contributed by atoms with Crippen LogP contribution in [0.4, 0.5) is 4.39 Å². The number of benzene rings is 1. The summed E-state index contributed by atoms with van der Waals surface area (Å²) in [6, 6.07) is 6.17. The van der Waals surface area contributed by atoms with Gasteiger partial charge >= 0.3 is 0 Å². The first-order chi connectivity index (χ1) is 12.0. The molecular formula is C19H27FN2O3. The molecule has 1 atom stereocenters. The van der Waals surface area contributed by atoms with Crippen LogP contribution < -0.4 is 0 Å². The number of aliphatic hydroxyl groups is 1. The van der Waals surface area contributed by atoms with Crippen LogP contribution in [0.15, 0.2) is 24.3 Å². The van der Waals surface area contributed by atoms with Gasteiger partial charge in [-0.15, -0.1) is 0 Å². The van der Waals surface area contributed by atoms with Crippen LogP contribution in [0.2, 0.25) is 0 Å². The van der Waals surface area contributed by atoms with Crippen molar-refractivity contribution in [2.75, 3.05) is 33.3 Å². The van der Waals surface area contributed by atoms with E-state index in [2.05, 4.69) is 4.90 Å². The molecule has 1 N–H and O–H groups in total. The number of piperidine rings is 2. The number of methoxy groups -OCH3 is 1. The third-order valence-electron chi connectivity index (χ3n) is 5.34. The molecule has 2 saturated heterocycles. The second-order valence-corrected chi connectivity index (χ2v) is 7.20. The summed E-state index contributed by atoms with van der Waals surface area (Å²) in [4.78, 5) is 16.7. The molecule has 1 amide bonds. The van der Waals surface area contributed by atoms with Gasteiger partial charge in [-0.3, -0.25) is 9.69 Å². The standard InChI is InChI=1S/C19H27FN2O3/c1-25-17-7-11-21(12-8-17)14-19(24)9-2-10-22(18(19)23)13-15-3-5-16(20)6-4-15/h3-6,17,24H,2,7-14H2,1H3/t19-/m1/s1. The monoisotopic (exact) mass is 350 g/mol. The second-order valence-electron chi connectivity index (χ2n) is 7.20. The lowest BCUT2D eigenvalue weighted by atomic mass is 9.90. The van der Waals surface area contributed by atoms with Crippen molar-refractivity contribution in [1.29, 1.82) is 0 Å². The third kappa shape index (κ3) is 4.37. The molecule has 1 aromatic carbocycles. The lowest BCUT2D eigenvalue weighted by Gasteiger charge is -2.42. The molecule has 1 aromatic rings. The summed E-state index contributed by atoms with van der Waals surface area (Å²) in [6.07, 6.45) is 3.41. The van der Waals surface area contributed by atoms with E-state index in [1.54, 1.807) is 24.1 Å². The Morgan fingerprint density at radius 3 is 2.56 bits per heavy atom. The van der Waals surface area contributed by atoms with Gasteiger partial charge in [0.25, 0.3) is 5.91 Å². The molecule has 2 aliphatic rings. The quantitative estimate of drug-likeness (QED) is 0.880. The van der Waals surface area contributed by atoms with E-state index in [9.17, 15) is 14.3 Å². The highest BCUT2D eigenvalue weighted by atomic mass is 19.1. The van der Waals surface area contributed by atoms with Crippen LogP contribution in [0.25, 0.3) is 0 Å². The summed E-state index contributed by atoms with van der Waals surface area (Å²) in [5.41, 5.74) is -0.446. The van der Waals surface area contributed by atoms with Crippen LogP contribution in [0.5, 0.6) is 0 Å². The number of carbonyl (C=O) groups is 1. The zero-order valence-electron chi connectivity index (χ0n) is 14.8. The van der Waals surface area contributed by atoms with E-state index in [-0.39, 0.29) is 17.8 Å². The van der Waals surface area contributed by atoms with E-state index in [0.29, 0.717) is 26.1 Å². The van der Waals surface area contributed by atoms with Gasteiger partial charge in [0, 0.05) is 39.8 Å². The summed E-state index contributed by atoms with van der Waals surface area (Å²) in [7, 11) is 1.73. The Balaban J connectivity index is 1.61. The first-order valence-corrected chi connectivity index (χ1v) is 9.01. The third-order valence-corrected chi connectivity index (χ3v) is 5.34. The average molecular weight is 350 g/mol. The number of likely N-dealkylation sites (tertiary alicyclic amines) is 2. The fraction of sp³-hybridized carbons (Fsp3) is 0.632. The number of hydrogen-bond acceptors (Lipinski definition) is 4. The van der Waals surface area contributed by atoms with Gasteiger partial charge in [0.05, 0.1) is 6.10 Å². The highest BCUT2D eigenvalue weighted by Gasteiger charge is 2.43. The van der Waals surface area contributed by atoms with Crippen LogP contribution in [0.3, 0.4) is 0 Å². The van der Waals surface area contributed by atoms with E-state index >= 15 is 0 Å². The number of hydrogen-bond donors (Lipinski definition) is 1. The molecule has 2 heterocycles. The molecule has 0 bridgehead atoms. The van der Waals surface area contributed by atoms with E-state index < -0.39 is 5.60 Å². The minimum absolute atomic E-state index is 0.211. The first kappa shape index (κ1) is 18.3. The highest BCUT2D eigenvalue weighted by Crippen LogP contribution is 2.27. The largest absolute Gasteiger partial charge is 0.381 e. The Bertz CT molecular complexity index is 587. The van der Waals surface area contributed by atoms with Crippen molar-refractivity contribution in [2.45, 2.75) is 43.9 Å². The van der Waals surface area contributed by atoms with Gasteiger partial charge < -0.3 is 14.7 Å². The Hall–Kier alpha value is -1.50. The maximum Gasteiger partial charge on any atom is 0.256 e. The van der Waals surface area contributed by atoms with Gasteiger partial charge in [0.1, 0.15) is 5.82 Å². The van der Waals surface area contributed by atoms with Gasteiger partial charge in [0.2, 0.25) is 0 Å². The molecule has 0 aromatic heterocycles. The normalized spacial score (nSPS) is 26.2. The van der Waals surface area contributed by atoms with Gasteiger partial charge in [-0.1, -0.05) is 12.1 Å². The van der Waals surface area contributed by atoms with Crippen molar-refractivity contribution < 1.29 is 19.0 Å². The van der Waals surface area contributed by atoms with Crippen LogP contribution in [0, 0.1) is 5.82 Å². The van der Waals surface area contributed by atoms with Crippen molar-refractivity contribution in [1.82, 2.24) is 9.80 Å². The smallest absolute Gasteiger partial charge is 0.256 e. The molecule has 2 aliphatic heterocycles. The highest BCUT2D eigenvalue weighted by molar-refractivity contribution is 5.86. The van der Waals surface area contributed by atoms with E-state index in [1.165, 1.54) is 12.1 Å². The Kier molecular flexibility index (Phi) is 5.71. The number of halogens is 1. The molecule has 138 valence electrons. The van der Waals surface area contributed by atoms with Crippen molar-refractivity contribution in [2.24, 2.45) is 0 Å². The van der Waals surface area contributed by atoms with Gasteiger partial charge in [0.15, 0.2) is 5.60 Å². The SMILES string of the molecule is COC1CCN(C[C@]2(O)CCCN(Cc3ccc(F)cc3)C2=O)CC1. The molecule has 6 heteroatoms. The minimum Gasteiger partial charge on any atom is -0.381 e. The fourth-order valence-corrected chi connectivity index (χ4v) is 3.85. The fourth-order valence-electron chi connectivity index (χ4n) is 3.85. The van der Waals surface area contributed by atoms with Gasteiger partial charge in [-0.25, -0.2) is 4.39 Å². The minimum atomic E-state index is -1.32. The number of nitrogens with zero attached hydrogens (tertiary/aromatic N) is 2. The lowest BCUT2D eigenvalue weighted by molar-refractivity contribution is -0.161. The summed E-state index contributed by atoms with van der Waals surface area (Å²) in [5, 5.41) is 11.0. The number of ether oxygens (including phenoxy) is 1. The number of β-amino-alcohol motifs (C(OH)–C–C–N with tert-alkyl or cyclic N) is 1. The molecule has 5 nitrogen and oxygen atoms in total. The lowest BCUT2D eigenvalue weighted by Crippen LogP contribution is -2.59. The zero-order valence-corrected chi connectivity index (χ0v) is 14.8. The van der Waals surface area contributed by atoms with E-state index in [1.807, 2.05) is 0 Å². The Labute approximate surface area is 148 Å². The van der Waals surface area contributed by atoms with Crippen LogP contribution in [-0.4, -0.2) is 65.8 Å². The summed E-state index contributed by atoms with van der Waals surface area (Å²) >= 11 is 0. The van der Waals surface area contributed by atoms with E-state index in [0.717, 1.165) is 37.9 Å².